The lowest BCUT2D eigenvalue weighted by Crippen LogP contribution is -1.93. The molecule has 6 rings (SSSR count). The fourth-order valence-electron chi connectivity index (χ4n) is 4.53. The van der Waals surface area contributed by atoms with Crippen LogP contribution in [0.25, 0.3) is 54.9 Å². The Labute approximate surface area is 174 Å². The van der Waals surface area contributed by atoms with Gasteiger partial charge in [0.25, 0.3) is 0 Å². The van der Waals surface area contributed by atoms with E-state index in [-0.39, 0.29) is 0 Å². The van der Waals surface area contributed by atoms with Crippen LogP contribution in [0.15, 0.2) is 83.5 Å². The molecular weight excluding hydrogens is 368 g/mol. The standard InChI is InChI=1S/C27H20N2O/c1-16(2)19-11-12-22(21-10-6-5-9-20(19)21)26-25-23-13-17-7-3-4-8-18(17)14-24(23)30-27(25)29-15-28-26/h3-16H,1-2H3. The molecule has 0 amide bonds. The van der Waals surface area contributed by atoms with Crippen LogP contribution in [0.5, 0.6) is 0 Å². The molecule has 0 fully saturated rings. The first-order valence-electron chi connectivity index (χ1n) is 10.3. The number of hydrogen-bond acceptors (Lipinski definition) is 3. The van der Waals surface area contributed by atoms with E-state index in [2.05, 4.69) is 85.6 Å². The molecule has 0 aliphatic heterocycles. The Balaban J connectivity index is 1.73. The van der Waals surface area contributed by atoms with Crippen LogP contribution < -0.4 is 0 Å². The van der Waals surface area contributed by atoms with Crippen LogP contribution in [-0.4, -0.2) is 9.97 Å². The Bertz CT molecular complexity index is 1580. The largest absolute Gasteiger partial charge is 0.438 e. The maximum absolute atomic E-state index is 6.15. The molecule has 6 aromatic rings. The lowest BCUT2D eigenvalue weighted by Gasteiger charge is -2.14. The van der Waals surface area contributed by atoms with Crippen molar-refractivity contribution in [1.29, 1.82) is 0 Å². The van der Waals surface area contributed by atoms with Gasteiger partial charge in [-0.05, 0) is 45.2 Å². The predicted molar refractivity (Wildman–Crippen MR) is 124 cm³/mol. The van der Waals surface area contributed by atoms with Gasteiger partial charge in [0.1, 0.15) is 11.9 Å². The highest BCUT2D eigenvalue weighted by Gasteiger charge is 2.18. The van der Waals surface area contributed by atoms with Crippen molar-refractivity contribution in [2.75, 3.05) is 0 Å². The summed E-state index contributed by atoms with van der Waals surface area (Å²) in [6.07, 6.45) is 1.60. The van der Waals surface area contributed by atoms with Crippen LogP contribution in [0.2, 0.25) is 0 Å². The quantitative estimate of drug-likeness (QED) is 0.309. The van der Waals surface area contributed by atoms with Gasteiger partial charge in [-0.3, -0.25) is 0 Å². The summed E-state index contributed by atoms with van der Waals surface area (Å²) in [6.45, 7) is 4.47. The Morgan fingerprint density at radius 1 is 0.733 bits per heavy atom. The van der Waals surface area contributed by atoms with Gasteiger partial charge in [-0.25, -0.2) is 9.97 Å². The molecule has 4 aromatic carbocycles. The van der Waals surface area contributed by atoms with Crippen LogP contribution in [-0.2, 0) is 0 Å². The number of hydrogen-bond donors (Lipinski definition) is 0. The molecule has 0 N–H and O–H groups in total. The van der Waals surface area contributed by atoms with Gasteiger partial charge in [-0.1, -0.05) is 74.5 Å². The van der Waals surface area contributed by atoms with Crippen LogP contribution in [0.3, 0.4) is 0 Å². The van der Waals surface area contributed by atoms with E-state index in [4.69, 9.17) is 9.40 Å². The van der Waals surface area contributed by atoms with Crippen molar-refractivity contribution < 1.29 is 4.42 Å². The van der Waals surface area contributed by atoms with Gasteiger partial charge in [0.15, 0.2) is 0 Å². The number of aromatic nitrogens is 2. The first kappa shape index (κ1) is 17.2. The zero-order chi connectivity index (χ0) is 20.2. The maximum atomic E-state index is 6.15. The summed E-state index contributed by atoms with van der Waals surface area (Å²) in [6, 6.07) is 25.6. The van der Waals surface area contributed by atoms with Crippen LogP contribution in [0.1, 0.15) is 25.3 Å². The fraction of sp³-hybridized carbons (Fsp3) is 0.111. The normalized spacial score (nSPS) is 12.0. The van der Waals surface area contributed by atoms with Crippen molar-refractivity contribution in [2.24, 2.45) is 0 Å². The second-order valence-electron chi connectivity index (χ2n) is 8.10. The summed E-state index contributed by atoms with van der Waals surface area (Å²) in [7, 11) is 0. The Hall–Kier alpha value is -3.72. The van der Waals surface area contributed by atoms with Crippen molar-refractivity contribution in [3.05, 3.63) is 84.7 Å². The van der Waals surface area contributed by atoms with Crippen molar-refractivity contribution in [3.8, 4) is 11.3 Å². The lowest BCUT2D eigenvalue weighted by atomic mass is 9.91. The highest BCUT2D eigenvalue weighted by molar-refractivity contribution is 6.16. The molecule has 0 radical (unpaired) electrons. The van der Waals surface area contributed by atoms with Gasteiger partial charge in [0, 0.05) is 10.9 Å². The van der Waals surface area contributed by atoms with Gasteiger partial charge < -0.3 is 4.42 Å². The molecule has 2 aromatic heterocycles. The zero-order valence-electron chi connectivity index (χ0n) is 16.9. The fourth-order valence-corrected chi connectivity index (χ4v) is 4.53. The molecule has 2 heterocycles. The molecule has 144 valence electrons. The second-order valence-corrected chi connectivity index (χ2v) is 8.10. The van der Waals surface area contributed by atoms with Crippen LogP contribution in [0.4, 0.5) is 0 Å². The van der Waals surface area contributed by atoms with E-state index in [1.54, 1.807) is 6.33 Å². The molecule has 0 atom stereocenters. The van der Waals surface area contributed by atoms with Gasteiger partial charge >= 0.3 is 0 Å². The molecule has 0 unspecified atom stereocenters. The smallest absolute Gasteiger partial charge is 0.230 e. The number of benzene rings is 4. The summed E-state index contributed by atoms with van der Waals surface area (Å²) < 4.78 is 6.15. The first-order chi connectivity index (χ1) is 14.7. The number of rotatable bonds is 2. The summed E-state index contributed by atoms with van der Waals surface area (Å²) in [4.78, 5) is 9.18. The summed E-state index contributed by atoms with van der Waals surface area (Å²) >= 11 is 0. The van der Waals surface area contributed by atoms with Crippen molar-refractivity contribution in [3.63, 3.8) is 0 Å². The number of fused-ring (bicyclic) bond motifs is 5. The third kappa shape index (κ3) is 2.45. The molecule has 0 spiro atoms. The Kier molecular flexibility index (Phi) is 3.66. The molecule has 0 bridgehead atoms. The average molecular weight is 388 g/mol. The lowest BCUT2D eigenvalue weighted by molar-refractivity contribution is 0.653. The number of furan rings is 1. The Morgan fingerprint density at radius 2 is 1.47 bits per heavy atom. The SMILES string of the molecule is CC(C)c1ccc(-c2ncnc3oc4cc5ccccc5cc4c23)c2ccccc12. The van der Waals surface area contributed by atoms with Crippen molar-refractivity contribution in [2.45, 2.75) is 19.8 Å². The summed E-state index contributed by atoms with van der Waals surface area (Å²) in [5.41, 5.74) is 4.84. The third-order valence-corrected chi connectivity index (χ3v) is 5.97. The van der Waals surface area contributed by atoms with E-state index in [0.717, 1.165) is 33.0 Å². The minimum absolute atomic E-state index is 0.454. The molecular formula is C27H20N2O. The van der Waals surface area contributed by atoms with E-state index in [0.29, 0.717) is 11.6 Å². The minimum atomic E-state index is 0.454. The van der Waals surface area contributed by atoms with Crippen LogP contribution >= 0.6 is 0 Å². The van der Waals surface area contributed by atoms with Crippen LogP contribution in [0, 0.1) is 0 Å². The minimum Gasteiger partial charge on any atom is -0.438 e. The van der Waals surface area contributed by atoms with Gasteiger partial charge in [0.05, 0.1) is 11.1 Å². The maximum Gasteiger partial charge on any atom is 0.230 e. The molecule has 0 aliphatic rings. The molecule has 3 nitrogen and oxygen atoms in total. The average Bonchev–Trinajstić information content (AvgIpc) is 3.14. The van der Waals surface area contributed by atoms with Gasteiger partial charge in [0.2, 0.25) is 5.71 Å². The zero-order valence-corrected chi connectivity index (χ0v) is 16.9. The monoisotopic (exact) mass is 388 g/mol. The highest BCUT2D eigenvalue weighted by Crippen LogP contribution is 2.39. The number of nitrogens with zero attached hydrogens (tertiary/aromatic N) is 2. The van der Waals surface area contributed by atoms with E-state index < -0.39 is 0 Å². The molecule has 0 saturated carbocycles. The predicted octanol–water partition coefficient (Wildman–Crippen LogP) is 7.47. The second kappa shape index (κ2) is 6.39. The highest BCUT2D eigenvalue weighted by atomic mass is 16.3. The molecule has 0 saturated heterocycles. The Morgan fingerprint density at radius 3 is 2.27 bits per heavy atom. The molecule has 30 heavy (non-hydrogen) atoms. The summed E-state index contributed by atoms with van der Waals surface area (Å²) in [5, 5.41) is 6.85. The van der Waals surface area contributed by atoms with Gasteiger partial charge in [-0.2, -0.15) is 0 Å². The van der Waals surface area contributed by atoms with Crippen molar-refractivity contribution >= 4 is 43.6 Å². The summed E-state index contributed by atoms with van der Waals surface area (Å²) in [5.74, 6) is 0.454. The molecule has 3 heteroatoms. The van der Waals surface area contributed by atoms with E-state index in [1.165, 1.54) is 21.7 Å². The van der Waals surface area contributed by atoms with E-state index in [9.17, 15) is 0 Å². The van der Waals surface area contributed by atoms with Gasteiger partial charge in [-0.15, -0.1) is 0 Å². The third-order valence-electron chi connectivity index (χ3n) is 5.97. The van der Waals surface area contributed by atoms with E-state index >= 15 is 0 Å². The van der Waals surface area contributed by atoms with Crippen molar-refractivity contribution in [1.82, 2.24) is 9.97 Å². The first-order valence-corrected chi connectivity index (χ1v) is 10.3. The molecule has 0 aliphatic carbocycles. The van der Waals surface area contributed by atoms with E-state index in [1.807, 2.05) is 6.07 Å². The topological polar surface area (TPSA) is 38.9 Å².